The number of amidine groups is 2. The second-order valence-corrected chi connectivity index (χ2v) is 13.2. The number of nitrogens with one attached hydrogen (secondary N) is 3. The average Bonchev–Trinajstić information content (AvgIpc) is 3.31. The molecule has 0 bridgehead atoms. The molecular weight excluding hydrogens is 504 g/mol. The van der Waals surface area contributed by atoms with E-state index in [-0.39, 0.29) is 17.4 Å². The molecule has 210 valence electrons. The molecule has 2 amide bonds. The molecule has 0 atom stereocenters. The van der Waals surface area contributed by atoms with Crippen LogP contribution in [0.1, 0.15) is 90.9 Å². The first-order valence-electron chi connectivity index (χ1n) is 14.2. The number of rotatable bonds is 6. The van der Waals surface area contributed by atoms with E-state index in [4.69, 9.17) is 0 Å². The zero-order valence-electron chi connectivity index (χ0n) is 23.2. The number of hydrogen-bond acceptors (Lipinski definition) is 8. The number of nitrogens with zero attached hydrogens (tertiary/aromatic N) is 3. The van der Waals surface area contributed by atoms with E-state index in [2.05, 4.69) is 39.8 Å². The van der Waals surface area contributed by atoms with Crippen LogP contribution in [0.5, 0.6) is 0 Å². The summed E-state index contributed by atoms with van der Waals surface area (Å²) in [5.41, 5.74) is 0.0418. The predicted molar refractivity (Wildman–Crippen MR) is 159 cm³/mol. The van der Waals surface area contributed by atoms with Gasteiger partial charge in [0.15, 0.2) is 10.3 Å². The van der Waals surface area contributed by atoms with Gasteiger partial charge in [-0.1, -0.05) is 74.9 Å². The molecule has 2 heterocycles. The summed E-state index contributed by atoms with van der Waals surface area (Å²) >= 11 is 3.05. The van der Waals surface area contributed by atoms with E-state index < -0.39 is 0 Å². The predicted octanol–water partition coefficient (Wildman–Crippen LogP) is 4.16. The highest BCUT2D eigenvalue weighted by Crippen LogP contribution is 2.22. The van der Waals surface area contributed by atoms with E-state index in [1.165, 1.54) is 87.7 Å². The Hall–Kier alpha value is -1.42. The normalized spacial score (nSPS) is 22.2. The summed E-state index contributed by atoms with van der Waals surface area (Å²) in [5.74, 6) is 1.37. The monoisotopic (exact) mass is 552 g/mol. The molecule has 4 rings (SSSR count). The molecule has 2 fully saturated rings. The Labute approximate surface area is 232 Å². The molecule has 8 nitrogen and oxygen atoms in total. The molecule has 37 heavy (non-hydrogen) atoms. The maximum Gasteiger partial charge on any atom is 0.233 e. The summed E-state index contributed by atoms with van der Waals surface area (Å²) in [5, 5.41) is 11.5. The molecule has 10 heteroatoms. The third-order valence-electron chi connectivity index (χ3n) is 7.37. The van der Waals surface area contributed by atoms with Gasteiger partial charge in [0.05, 0.1) is 30.1 Å². The van der Waals surface area contributed by atoms with E-state index in [0.29, 0.717) is 23.6 Å². The molecular formula is C27H48N6O2S2. The molecule has 0 spiro atoms. The van der Waals surface area contributed by atoms with Crippen LogP contribution in [0.2, 0.25) is 0 Å². The molecule has 2 aliphatic heterocycles. The second kappa shape index (κ2) is 15.9. The van der Waals surface area contributed by atoms with Crippen LogP contribution in [0.15, 0.2) is 9.98 Å². The van der Waals surface area contributed by atoms with Crippen molar-refractivity contribution in [2.45, 2.75) is 109 Å². The molecule has 2 aliphatic carbocycles. The number of carbonyl (C=O) groups is 2. The summed E-state index contributed by atoms with van der Waals surface area (Å²) in [6, 6.07) is 0.851. The van der Waals surface area contributed by atoms with Gasteiger partial charge in [0, 0.05) is 25.7 Å². The topological polar surface area (TPSA) is 98.2 Å². The van der Waals surface area contributed by atoms with Crippen molar-refractivity contribution < 1.29 is 9.59 Å². The van der Waals surface area contributed by atoms with Crippen LogP contribution >= 0.6 is 23.5 Å². The van der Waals surface area contributed by atoms with Crippen LogP contribution in [0.4, 0.5) is 0 Å². The smallest absolute Gasteiger partial charge is 0.233 e. The van der Waals surface area contributed by atoms with Crippen LogP contribution in [-0.2, 0) is 9.59 Å². The third kappa shape index (κ3) is 11.5. The highest BCUT2D eigenvalue weighted by atomic mass is 32.2. The van der Waals surface area contributed by atoms with Gasteiger partial charge in [0.25, 0.3) is 0 Å². The van der Waals surface area contributed by atoms with Gasteiger partial charge >= 0.3 is 0 Å². The fourth-order valence-corrected chi connectivity index (χ4v) is 6.81. The van der Waals surface area contributed by atoms with Crippen molar-refractivity contribution in [3.8, 4) is 0 Å². The van der Waals surface area contributed by atoms with Gasteiger partial charge in [-0.2, -0.15) is 0 Å². The molecule has 0 saturated heterocycles. The zero-order valence-corrected chi connectivity index (χ0v) is 24.8. The minimum atomic E-state index is 0.0418. The fraction of sp³-hybridized carbons (Fsp3) is 0.852. The second-order valence-electron chi connectivity index (χ2n) is 11.2. The minimum absolute atomic E-state index is 0.0418. The van der Waals surface area contributed by atoms with Crippen molar-refractivity contribution in [2.75, 3.05) is 38.2 Å². The molecule has 0 aromatic carbocycles. The lowest BCUT2D eigenvalue weighted by Gasteiger charge is -2.27. The van der Waals surface area contributed by atoms with E-state index in [0.717, 1.165) is 42.8 Å². The highest BCUT2D eigenvalue weighted by molar-refractivity contribution is 8.14. The Balaban J connectivity index is 0.000000206. The summed E-state index contributed by atoms with van der Waals surface area (Å²) in [6.07, 6.45) is 15.0. The van der Waals surface area contributed by atoms with Gasteiger partial charge in [0.1, 0.15) is 0 Å². The van der Waals surface area contributed by atoms with Crippen molar-refractivity contribution in [2.24, 2.45) is 9.98 Å². The largest absolute Gasteiger partial charge is 0.363 e. The van der Waals surface area contributed by atoms with Gasteiger partial charge in [-0.25, -0.2) is 0 Å². The Morgan fingerprint density at radius 2 is 1.54 bits per heavy atom. The van der Waals surface area contributed by atoms with Crippen LogP contribution in [0, 0.1) is 0 Å². The number of amides is 2. The number of hydrogen-bond donors (Lipinski definition) is 3. The molecule has 3 N–H and O–H groups in total. The summed E-state index contributed by atoms with van der Waals surface area (Å²) in [4.78, 5) is 34.7. The minimum Gasteiger partial charge on any atom is -0.363 e. The molecule has 0 aromatic rings. The molecule has 4 aliphatic rings. The van der Waals surface area contributed by atoms with Gasteiger partial charge in [-0.05, 0) is 39.5 Å². The average molecular weight is 553 g/mol. The van der Waals surface area contributed by atoms with Gasteiger partial charge in [-0.15, -0.1) is 0 Å². The molecule has 0 aromatic heterocycles. The van der Waals surface area contributed by atoms with E-state index in [1.807, 2.05) is 11.9 Å². The van der Waals surface area contributed by atoms with E-state index >= 15 is 0 Å². The Morgan fingerprint density at radius 1 is 0.919 bits per heavy atom. The van der Waals surface area contributed by atoms with Crippen molar-refractivity contribution in [3.05, 3.63) is 0 Å². The van der Waals surface area contributed by atoms with Crippen molar-refractivity contribution in [3.63, 3.8) is 0 Å². The maximum absolute atomic E-state index is 12.1. The Morgan fingerprint density at radius 3 is 2.11 bits per heavy atom. The van der Waals surface area contributed by atoms with E-state index in [1.54, 1.807) is 0 Å². The summed E-state index contributed by atoms with van der Waals surface area (Å²) in [6.45, 7) is 6.79. The Bertz CT molecular complexity index is 788. The van der Waals surface area contributed by atoms with Crippen molar-refractivity contribution in [1.29, 1.82) is 0 Å². The quantitative estimate of drug-likeness (QED) is 0.428. The fourth-order valence-electron chi connectivity index (χ4n) is 5.10. The van der Waals surface area contributed by atoms with Gasteiger partial charge < -0.3 is 20.9 Å². The van der Waals surface area contributed by atoms with Crippen LogP contribution in [-0.4, -0.2) is 82.9 Å². The maximum atomic E-state index is 12.1. The van der Waals surface area contributed by atoms with Gasteiger partial charge in [-0.3, -0.25) is 19.6 Å². The van der Waals surface area contributed by atoms with Crippen molar-refractivity contribution >= 4 is 45.7 Å². The van der Waals surface area contributed by atoms with Gasteiger partial charge in [0.2, 0.25) is 11.8 Å². The lowest BCUT2D eigenvalue weighted by molar-refractivity contribution is -0.129. The summed E-state index contributed by atoms with van der Waals surface area (Å²) in [7, 11) is 1.96. The SMILES string of the molecule is CC1(C)CN=C(SCC(=O)NC2CCCCCC2)N1.CN(C(=O)CSC1=NCCN1)C1CCCCCC1. The third-order valence-corrected chi connectivity index (χ3v) is 9.21. The van der Waals surface area contributed by atoms with Crippen LogP contribution in [0.3, 0.4) is 0 Å². The molecule has 0 unspecified atom stereocenters. The molecule has 2 saturated carbocycles. The first-order chi connectivity index (χ1) is 17.8. The van der Waals surface area contributed by atoms with Crippen LogP contribution < -0.4 is 16.0 Å². The number of aliphatic imine (C=N–C) groups is 2. The lowest BCUT2D eigenvalue weighted by atomic mass is 10.1. The van der Waals surface area contributed by atoms with Crippen LogP contribution in [0.25, 0.3) is 0 Å². The molecule has 0 radical (unpaired) electrons. The number of thioether (sulfide) groups is 2. The summed E-state index contributed by atoms with van der Waals surface area (Å²) < 4.78 is 0. The number of carbonyl (C=O) groups excluding carboxylic acids is 2. The lowest BCUT2D eigenvalue weighted by Crippen LogP contribution is -2.39. The Kier molecular flexibility index (Phi) is 12.9. The first kappa shape index (κ1) is 30.1. The van der Waals surface area contributed by atoms with Crippen molar-refractivity contribution in [1.82, 2.24) is 20.9 Å². The zero-order chi connectivity index (χ0) is 26.5. The first-order valence-corrected chi connectivity index (χ1v) is 16.2. The highest BCUT2D eigenvalue weighted by Gasteiger charge is 2.25. The standard InChI is InChI=1S/C14H25N3OS.C13H23N3OS/c1-14(2)10-15-13(17-14)19-9-12(18)16-11-7-5-3-4-6-8-11;1-16(11-6-4-2-3-5-7-11)12(17)10-18-13-14-8-9-15-13/h11H,3-10H2,1-2H3,(H,15,17)(H,16,18);11H,2-10H2,1H3,(H,14,15). The van der Waals surface area contributed by atoms with E-state index in [9.17, 15) is 9.59 Å².